The van der Waals surface area contributed by atoms with Crippen LogP contribution in [0, 0.1) is 0 Å². The van der Waals surface area contributed by atoms with E-state index < -0.39 is 0 Å². The Morgan fingerprint density at radius 1 is 0.308 bits per heavy atom. The van der Waals surface area contributed by atoms with Crippen LogP contribution in [0.1, 0.15) is 0 Å². The molecular weight excluding hydrogens is 697 g/mol. The predicted octanol–water partition coefficient (Wildman–Crippen LogP) is 3.29. The normalized spacial score (nSPS) is 8.31. The minimum Gasteiger partial charge on any atom is -0.504 e. The Hall–Kier alpha value is -2.24. The molecule has 6 nitrogen and oxygen atoms in total. The molecule has 0 aliphatic heterocycles. The molecule has 3 rings (SSSR count). The first kappa shape index (κ1) is 26.0. The minimum atomic E-state index is -0.0764. The molecule has 0 spiro atoms. The van der Waals surface area contributed by atoms with Crippen molar-refractivity contribution >= 4 is 0 Å². The zero-order valence-corrected chi connectivity index (χ0v) is 18.1. The fourth-order valence-corrected chi connectivity index (χ4v) is 1.39. The first-order valence-electron chi connectivity index (χ1n) is 6.82. The van der Waals surface area contributed by atoms with E-state index in [1.54, 1.807) is 36.4 Å². The first-order chi connectivity index (χ1) is 11.4. The van der Waals surface area contributed by atoms with Gasteiger partial charge in [-0.3, -0.25) is 0 Å². The summed E-state index contributed by atoms with van der Waals surface area (Å²) in [5.41, 5.74) is 0. The molecule has 6 N–H and O–H groups in total. The fraction of sp³-hybridized carbons (Fsp3) is 0. The van der Waals surface area contributed by atoms with Gasteiger partial charge < -0.3 is 30.6 Å². The van der Waals surface area contributed by atoms with Crippen molar-refractivity contribution in [3.8, 4) is 34.5 Å². The van der Waals surface area contributed by atoms with Crippen molar-refractivity contribution in [1.29, 1.82) is 0 Å². The second kappa shape index (κ2) is 14.0. The van der Waals surface area contributed by atoms with Crippen LogP contribution >= 0.6 is 0 Å². The van der Waals surface area contributed by atoms with Crippen LogP contribution in [-0.4, -0.2) is 30.6 Å². The number of aromatic hydroxyl groups is 6. The van der Waals surface area contributed by atoms with Crippen LogP contribution < -0.4 is 0 Å². The molecule has 26 heavy (non-hydrogen) atoms. The van der Waals surface area contributed by atoms with Crippen LogP contribution in [0.4, 0.5) is 0 Å². The van der Waals surface area contributed by atoms with E-state index in [1.807, 2.05) is 0 Å². The Labute approximate surface area is 177 Å². The summed E-state index contributed by atoms with van der Waals surface area (Å²) in [7, 11) is 0. The molecule has 0 amide bonds. The third kappa shape index (κ3) is 9.91. The Balaban J connectivity index is 0. The Kier molecular flexibility index (Phi) is 14.0. The molecule has 0 fully saturated rings. The maximum atomic E-state index is 8.67. The van der Waals surface area contributed by atoms with Crippen molar-refractivity contribution in [2.24, 2.45) is 0 Å². The minimum absolute atomic E-state index is 0. The van der Waals surface area contributed by atoms with Crippen molar-refractivity contribution < 1.29 is 70.8 Å². The van der Waals surface area contributed by atoms with Gasteiger partial charge in [0.1, 0.15) is 0 Å². The molecule has 0 unspecified atom stereocenters. The summed E-state index contributed by atoms with van der Waals surface area (Å²) in [6.45, 7) is 0. The van der Waals surface area contributed by atoms with Gasteiger partial charge in [0.25, 0.3) is 0 Å². The number of benzene rings is 3. The predicted molar refractivity (Wildman–Crippen MR) is 89.3 cm³/mol. The number of hydrogen-bond donors (Lipinski definition) is 6. The summed E-state index contributed by atoms with van der Waals surface area (Å²) in [5.74, 6) is -0.458. The van der Waals surface area contributed by atoms with Gasteiger partial charge in [-0.05, 0) is 36.4 Å². The Morgan fingerprint density at radius 2 is 0.423 bits per heavy atom. The molecule has 0 aromatic heterocycles. The molecular formula is C18H18Ir2O6. The molecule has 3 aromatic rings. The topological polar surface area (TPSA) is 121 Å². The van der Waals surface area contributed by atoms with Gasteiger partial charge in [-0.25, -0.2) is 0 Å². The molecule has 0 saturated carbocycles. The van der Waals surface area contributed by atoms with E-state index >= 15 is 0 Å². The SMILES string of the molecule is Oc1ccccc1O.Oc1ccccc1O.Oc1ccccc1O.[Ir].[Ir]. The van der Waals surface area contributed by atoms with Crippen LogP contribution in [0.2, 0.25) is 0 Å². The molecule has 0 aliphatic rings. The average Bonchev–Trinajstić information content (AvgIpc) is 2.57. The van der Waals surface area contributed by atoms with Gasteiger partial charge in [-0.15, -0.1) is 0 Å². The number of hydrogen-bond acceptors (Lipinski definition) is 6. The fourth-order valence-electron chi connectivity index (χ4n) is 1.39. The molecule has 0 bridgehead atoms. The molecule has 3 aromatic carbocycles. The zero-order valence-electron chi connectivity index (χ0n) is 13.3. The quantitative estimate of drug-likeness (QED) is 0.199. The molecule has 0 heterocycles. The molecule has 0 atom stereocenters. The maximum Gasteiger partial charge on any atom is 0.157 e. The van der Waals surface area contributed by atoms with Gasteiger partial charge in [0.05, 0.1) is 0 Å². The van der Waals surface area contributed by atoms with Gasteiger partial charge in [-0.1, -0.05) is 36.4 Å². The molecule has 0 aliphatic carbocycles. The molecule has 144 valence electrons. The molecule has 0 saturated heterocycles. The maximum absolute atomic E-state index is 8.67. The second-order valence-corrected chi connectivity index (χ2v) is 4.47. The van der Waals surface area contributed by atoms with Crippen molar-refractivity contribution in [2.45, 2.75) is 0 Å². The van der Waals surface area contributed by atoms with Gasteiger partial charge in [0.15, 0.2) is 34.5 Å². The van der Waals surface area contributed by atoms with Gasteiger partial charge in [0, 0.05) is 40.2 Å². The zero-order chi connectivity index (χ0) is 17.9. The summed E-state index contributed by atoms with van der Waals surface area (Å²) < 4.78 is 0. The summed E-state index contributed by atoms with van der Waals surface area (Å²) in [6, 6.07) is 18.4. The van der Waals surface area contributed by atoms with Crippen LogP contribution in [0.25, 0.3) is 0 Å². The third-order valence-electron chi connectivity index (χ3n) is 2.65. The van der Waals surface area contributed by atoms with Crippen molar-refractivity contribution in [3.63, 3.8) is 0 Å². The summed E-state index contributed by atoms with van der Waals surface area (Å²) in [4.78, 5) is 0. The van der Waals surface area contributed by atoms with E-state index in [-0.39, 0.29) is 74.7 Å². The first-order valence-corrected chi connectivity index (χ1v) is 6.82. The standard InChI is InChI=1S/3C6H6O2.2Ir/c3*7-5-3-1-2-4-6(5)8;;/h3*1-4,7-8H;;. The Bertz CT molecular complexity index is 602. The van der Waals surface area contributed by atoms with Crippen LogP contribution in [-0.2, 0) is 40.2 Å². The monoisotopic (exact) mass is 716 g/mol. The van der Waals surface area contributed by atoms with Gasteiger partial charge in [0.2, 0.25) is 0 Å². The number of phenols is 6. The van der Waals surface area contributed by atoms with Crippen molar-refractivity contribution in [3.05, 3.63) is 72.8 Å². The Morgan fingerprint density at radius 3 is 0.500 bits per heavy atom. The summed E-state index contributed by atoms with van der Waals surface area (Å²) in [6.07, 6.45) is 0. The van der Waals surface area contributed by atoms with Crippen molar-refractivity contribution in [1.82, 2.24) is 0 Å². The van der Waals surface area contributed by atoms with E-state index in [4.69, 9.17) is 30.6 Å². The summed E-state index contributed by atoms with van der Waals surface area (Å²) >= 11 is 0. The molecule has 2 radical (unpaired) electrons. The van der Waals surface area contributed by atoms with Crippen LogP contribution in [0.5, 0.6) is 34.5 Å². The molecule has 8 heteroatoms. The van der Waals surface area contributed by atoms with Crippen molar-refractivity contribution in [2.75, 3.05) is 0 Å². The number of rotatable bonds is 0. The van der Waals surface area contributed by atoms with Gasteiger partial charge in [-0.2, -0.15) is 0 Å². The van der Waals surface area contributed by atoms with E-state index in [1.165, 1.54) is 36.4 Å². The van der Waals surface area contributed by atoms with Crippen LogP contribution in [0.15, 0.2) is 72.8 Å². The number of phenolic OH excluding ortho intramolecular Hbond substituents is 6. The average molecular weight is 715 g/mol. The summed E-state index contributed by atoms with van der Waals surface area (Å²) in [5, 5.41) is 52.0. The van der Waals surface area contributed by atoms with Gasteiger partial charge >= 0.3 is 0 Å². The largest absolute Gasteiger partial charge is 0.504 e. The van der Waals surface area contributed by atoms with E-state index in [9.17, 15) is 0 Å². The van der Waals surface area contributed by atoms with E-state index in [0.29, 0.717) is 0 Å². The van der Waals surface area contributed by atoms with E-state index in [2.05, 4.69) is 0 Å². The van der Waals surface area contributed by atoms with E-state index in [0.717, 1.165) is 0 Å². The smallest absolute Gasteiger partial charge is 0.157 e. The number of para-hydroxylation sites is 6. The third-order valence-corrected chi connectivity index (χ3v) is 2.65. The van der Waals surface area contributed by atoms with Crippen LogP contribution in [0.3, 0.4) is 0 Å². The second-order valence-electron chi connectivity index (χ2n) is 4.47.